The van der Waals surface area contributed by atoms with Crippen molar-refractivity contribution in [2.45, 2.75) is 45.6 Å². The first-order valence-electron chi connectivity index (χ1n) is 6.14. The zero-order valence-electron chi connectivity index (χ0n) is 11.1. The Bertz CT molecular complexity index is 183. The van der Waals surface area contributed by atoms with Gasteiger partial charge in [0.25, 0.3) is 0 Å². The van der Waals surface area contributed by atoms with Crippen molar-refractivity contribution < 1.29 is 9.53 Å². The van der Waals surface area contributed by atoms with Crippen LogP contribution in [0.2, 0.25) is 0 Å². The number of amides is 1. The van der Waals surface area contributed by atoms with Crippen LogP contribution in [0, 0.1) is 0 Å². The second-order valence-corrected chi connectivity index (χ2v) is 4.06. The molecule has 0 heterocycles. The molecule has 0 aromatic rings. The van der Waals surface area contributed by atoms with Gasteiger partial charge in [-0.3, -0.25) is 4.79 Å². The quantitative estimate of drug-likeness (QED) is 0.587. The predicted molar refractivity (Wildman–Crippen MR) is 66.5 cm³/mol. The molecule has 0 aliphatic carbocycles. The topological polar surface area (TPSA) is 50.4 Å². The van der Waals surface area contributed by atoms with Gasteiger partial charge in [0, 0.05) is 19.2 Å². The summed E-state index contributed by atoms with van der Waals surface area (Å²) in [6.45, 7) is 8.06. The average Bonchev–Trinajstić information content (AvgIpc) is 2.32. The number of carbonyl (C=O) groups is 1. The zero-order valence-corrected chi connectivity index (χ0v) is 11.1. The summed E-state index contributed by atoms with van der Waals surface area (Å²) in [5, 5.41) is 6.16. The average molecular weight is 230 g/mol. The van der Waals surface area contributed by atoms with E-state index in [0.29, 0.717) is 19.7 Å². The van der Waals surface area contributed by atoms with E-state index in [-0.39, 0.29) is 11.4 Å². The lowest BCUT2D eigenvalue weighted by Crippen LogP contribution is -2.50. The SMILES string of the molecule is CCC(CC)(CC)NC(=O)CNCCOC. The Morgan fingerprint density at radius 3 is 2.19 bits per heavy atom. The van der Waals surface area contributed by atoms with Gasteiger partial charge in [0.2, 0.25) is 5.91 Å². The minimum atomic E-state index is -0.0278. The lowest BCUT2D eigenvalue weighted by Gasteiger charge is -2.31. The van der Waals surface area contributed by atoms with Crippen molar-refractivity contribution in [3.63, 3.8) is 0 Å². The van der Waals surface area contributed by atoms with Gasteiger partial charge in [0.15, 0.2) is 0 Å². The van der Waals surface area contributed by atoms with Crippen LogP contribution in [0.1, 0.15) is 40.0 Å². The largest absolute Gasteiger partial charge is 0.383 e. The third kappa shape index (κ3) is 5.47. The van der Waals surface area contributed by atoms with Crippen LogP contribution in [-0.2, 0) is 9.53 Å². The normalized spacial score (nSPS) is 11.5. The first kappa shape index (κ1) is 15.4. The molecule has 0 unspecified atom stereocenters. The molecule has 0 atom stereocenters. The van der Waals surface area contributed by atoms with Gasteiger partial charge in [-0.2, -0.15) is 0 Å². The van der Waals surface area contributed by atoms with E-state index in [9.17, 15) is 4.79 Å². The van der Waals surface area contributed by atoms with Gasteiger partial charge in [-0.25, -0.2) is 0 Å². The van der Waals surface area contributed by atoms with Gasteiger partial charge < -0.3 is 15.4 Å². The maximum Gasteiger partial charge on any atom is 0.234 e. The molecule has 0 aromatic heterocycles. The summed E-state index contributed by atoms with van der Waals surface area (Å²) in [6.07, 6.45) is 2.93. The van der Waals surface area contributed by atoms with Gasteiger partial charge in [-0.1, -0.05) is 20.8 Å². The van der Waals surface area contributed by atoms with E-state index < -0.39 is 0 Å². The fourth-order valence-corrected chi connectivity index (χ4v) is 1.73. The molecule has 0 rings (SSSR count). The van der Waals surface area contributed by atoms with Gasteiger partial charge in [0.1, 0.15) is 0 Å². The molecule has 16 heavy (non-hydrogen) atoms. The summed E-state index contributed by atoms with van der Waals surface area (Å²) < 4.78 is 4.89. The number of nitrogens with one attached hydrogen (secondary N) is 2. The lowest BCUT2D eigenvalue weighted by atomic mass is 9.90. The summed E-state index contributed by atoms with van der Waals surface area (Å²) in [4.78, 5) is 11.7. The molecule has 4 nitrogen and oxygen atoms in total. The minimum Gasteiger partial charge on any atom is -0.383 e. The molecule has 1 amide bonds. The standard InChI is InChI=1S/C12H26N2O2/c1-5-12(6-2,7-3)14-11(15)10-13-8-9-16-4/h13H,5-10H2,1-4H3,(H,14,15). The van der Waals surface area contributed by atoms with Crippen LogP contribution in [0.4, 0.5) is 0 Å². The molecule has 4 heteroatoms. The van der Waals surface area contributed by atoms with Crippen molar-refractivity contribution in [3.05, 3.63) is 0 Å². The molecule has 0 aromatic carbocycles. The first-order valence-corrected chi connectivity index (χ1v) is 6.14. The molecular weight excluding hydrogens is 204 g/mol. The van der Waals surface area contributed by atoms with Crippen molar-refractivity contribution in [1.82, 2.24) is 10.6 Å². The Kier molecular flexibility index (Phi) is 8.21. The van der Waals surface area contributed by atoms with E-state index in [1.54, 1.807) is 7.11 Å². The van der Waals surface area contributed by atoms with Crippen LogP contribution >= 0.6 is 0 Å². The summed E-state index contributed by atoms with van der Waals surface area (Å²) in [5.74, 6) is 0.0710. The number of methoxy groups -OCH3 is 1. The number of carbonyl (C=O) groups excluding carboxylic acids is 1. The van der Waals surface area contributed by atoms with Crippen molar-refractivity contribution in [1.29, 1.82) is 0 Å². The highest BCUT2D eigenvalue weighted by Gasteiger charge is 2.25. The van der Waals surface area contributed by atoms with Crippen molar-refractivity contribution in [2.75, 3.05) is 26.8 Å². The molecule has 0 fully saturated rings. The maximum atomic E-state index is 11.7. The van der Waals surface area contributed by atoms with Gasteiger partial charge in [-0.15, -0.1) is 0 Å². The molecule has 0 aliphatic rings. The van der Waals surface area contributed by atoms with Crippen LogP contribution in [-0.4, -0.2) is 38.3 Å². The third-order valence-corrected chi connectivity index (χ3v) is 3.20. The highest BCUT2D eigenvalue weighted by Crippen LogP contribution is 2.18. The monoisotopic (exact) mass is 230 g/mol. The van der Waals surface area contributed by atoms with Gasteiger partial charge in [0.05, 0.1) is 13.2 Å². The van der Waals surface area contributed by atoms with E-state index >= 15 is 0 Å². The Hall–Kier alpha value is -0.610. The second-order valence-electron chi connectivity index (χ2n) is 4.06. The number of ether oxygens (including phenoxy) is 1. The van der Waals surface area contributed by atoms with Gasteiger partial charge >= 0.3 is 0 Å². The highest BCUT2D eigenvalue weighted by atomic mass is 16.5. The Morgan fingerprint density at radius 1 is 1.19 bits per heavy atom. The fraction of sp³-hybridized carbons (Fsp3) is 0.917. The van der Waals surface area contributed by atoms with Crippen molar-refractivity contribution in [2.24, 2.45) is 0 Å². The first-order chi connectivity index (χ1) is 7.64. The van der Waals surface area contributed by atoms with Crippen molar-refractivity contribution >= 4 is 5.91 Å². The van der Waals surface area contributed by atoms with E-state index in [1.165, 1.54) is 0 Å². The Morgan fingerprint density at radius 2 is 1.75 bits per heavy atom. The Balaban J connectivity index is 3.91. The second kappa shape index (κ2) is 8.53. The molecule has 0 bridgehead atoms. The summed E-state index contributed by atoms with van der Waals surface area (Å²) >= 11 is 0. The summed E-state index contributed by atoms with van der Waals surface area (Å²) in [5.41, 5.74) is -0.0278. The molecule has 96 valence electrons. The molecule has 0 aliphatic heterocycles. The molecule has 2 N–H and O–H groups in total. The van der Waals surface area contributed by atoms with Crippen LogP contribution < -0.4 is 10.6 Å². The zero-order chi connectivity index (χ0) is 12.4. The van der Waals surface area contributed by atoms with E-state index in [2.05, 4.69) is 31.4 Å². The number of hydrogen-bond acceptors (Lipinski definition) is 3. The predicted octanol–water partition coefficient (Wildman–Crippen LogP) is 1.31. The minimum absolute atomic E-state index is 0.0278. The highest BCUT2D eigenvalue weighted by molar-refractivity contribution is 5.78. The number of hydrogen-bond donors (Lipinski definition) is 2. The molecule has 0 radical (unpaired) electrons. The van der Waals surface area contributed by atoms with Gasteiger partial charge in [-0.05, 0) is 19.3 Å². The molecule has 0 saturated heterocycles. The fourth-order valence-electron chi connectivity index (χ4n) is 1.73. The van der Waals surface area contributed by atoms with Crippen LogP contribution in [0.25, 0.3) is 0 Å². The van der Waals surface area contributed by atoms with Crippen LogP contribution in [0.15, 0.2) is 0 Å². The molecule has 0 saturated carbocycles. The van der Waals surface area contributed by atoms with Crippen LogP contribution in [0.3, 0.4) is 0 Å². The van der Waals surface area contributed by atoms with E-state index in [0.717, 1.165) is 19.3 Å². The van der Waals surface area contributed by atoms with Crippen LogP contribution in [0.5, 0.6) is 0 Å². The van der Waals surface area contributed by atoms with Crippen molar-refractivity contribution in [3.8, 4) is 0 Å². The van der Waals surface area contributed by atoms with E-state index in [4.69, 9.17) is 4.74 Å². The smallest absolute Gasteiger partial charge is 0.234 e. The Labute approximate surface area is 99.1 Å². The molecule has 0 spiro atoms. The summed E-state index contributed by atoms with van der Waals surface area (Å²) in [6, 6.07) is 0. The number of rotatable bonds is 9. The summed E-state index contributed by atoms with van der Waals surface area (Å²) in [7, 11) is 1.65. The lowest BCUT2D eigenvalue weighted by molar-refractivity contribution is -0.122. The maximum absolute atomic E-state index is 11.7. The van der Waals surface area contributed by atoms with E-state index in [1.807, 2.05) is 0 Å². The third-order valence-electron chi connectivity index (χ3n) is 3.20. The molecular formula is C12H26N2O2.